The van der Waals surface area contributed by atoms with Crippen molar-refractivity contribution in [2.75, 3.05) is 0 Å². The molecule has 3 heteroatoms. The number of aryl methyl sites for hydroxylation is 1. The molecule has 0 aliphatic heterocycles. The molecule has 0 radical (unpaired) electrons. The van der Waals surface area contributed by atoms with Crippen molar-refractivity contribution >= 4 is 22.9 Å². The van der Waals surface area contributed by atoms with Crippen molar-refractivity contribution in [2.45, 2.75) is 45.1 Å². The summed E-state index contributed by atoms with van der Waals surface area (Å²) in [5.74, 6) is 0. The van der Waals surface area contributed by atoms with Crippen molar-refractivity contribution in [3.8, 4) is 0 Å². The first-order chi connectivity index (χ1) is 7.70. The summed E-state index contributed by atoms with van der Waals surface area (Å²) in [7, 11) is 0. The number of halogens is 1. The van der Waals surface area contributed by atoms with Crippen LogP contribution in [0.3, 0.4) is 0 Å². The zero-order valence-corrected chi connectivity index (χ0v) is 11.1. The fraction of sp³-hybridized carbons (Fsp3) is 0.538. The van der Waals surface area contributed by atoms with Crippen LogP contribution in [0.5, 0.6) is 0 Å². The van der Waals surface area contributed by atoms with E-state index in [0.29, 0.717) is 0 Å². The van der Waals surface area contributed by atoms with E-state index < -0.39 is 6.10 Å². The Hall–Kier alpha value is -0.310. The van der Waals surface area contributed by atoms with E-state index in [1.165, 1.54) is 19.3 Å². The molecule has 1 heterocycles. The summed E-state index contributed by atoms with van der Waals surface area (Å²) in [6.07, 6.45) is 7.51. The molecule has 88 valence electrons. The van der Waals surface area contributed by atoms with Gasteiger partial charge < -0.3 is 5.11 Å². The smallest absolute Gasteiger partial charge is 0.111 e. The molecule has 1 unspecified atom stereocenters. The number of hydrogen-bond donors (Lipinski definition) is 1. The monoisotopic (exact) mass is 256 g/mol. The van der Waals surface area contributed by atoms with Gasteiger partial charge in [-0.1, -0.05) is 24.1 Å². The van der Waals surface area contributed by atoms with Crippen LogP contribution >= 0.6 is 22.9 Å². The van der Waals surface area contributed by atoms with Gasteiger partial charge in [0.05, 0.1) is 9.90 Å². The summed E-state index contributed by atoms with van der Waals surface area (Å²) in [6.45, 7) is 1.98. The second-order valence-corrected chi connectivity index (χ2v) is 5.67. The molecule has 0 bridgehead atoms. The Morgan fingerprint density at radius 1 is 1.38 bits per heavy atom. The Balaban J connectivity index is 2.20. The minimum atomic E-state index is -0.482. The summed E-state index contributed by atoms with van der Waals surface area (Å²) in [4.78, 5) is 0.910. The quantitative estimate of drug-likeness (QED) is 0.765. The number of hydrogen-bond acceptors (Lipinski definition) is 2. The Morgan fingerprint density at radius 3 is 2.88 bits per heavy atom. The number of allylic oxidation sites excluding steroid dienone is 1. The van der Waals surface area contributed by atoms with Crippen molar-refractivity contribution in [3.05, 3.63) is 32.5 Å². The fourth-order valence-electron chi connectivity index (χ4n) is 2.09. The normalized spacial score (nSPS) is 19.1. The zero-order valence-electron chi connectivity index (χ0n) is 9.50. The van der Waals surface area contributed by atoms with Gasteiger partial charge in [-0.15, -0.1) is 11.3 Å². The van der Waals surface area contributed by atoms with Gasteiger partial charge in [0.15, 0.2) is 0 Å². The van der Waals surface area contributed by atoms with Crippen LogP contribution < -0.4 is 0 Å². The lowest BCUT2D eigenvalue weighted by Gasteiger charge is -2.13. The first-order valence-electron chi connectivity index (χ1n) is 5.80. The van der Waals surface area contributed by atoms with Crippen LogP contribution in [0.4, 0.5) is 0 Å². The molecule has 1 aromatic rings. The van der Waals surface area contributed by atoms with Gasteiger partial charge in [0.2, 0.25) is 0 Å². The maximum atomic E-state index is 10.3. The van der Waals surface area contributed by atoms with E-state index in [1.54, 1.807) is 11.3 Å². The van der Waals surface area contributed by atoms with Crippen LogP contribution in [-0.4, -0.2) is 5.11 Å². The van der Waals surface area contributed by atoms with Crippen LogP contribution in [0.1, 0.15) is 48.6 Å². The SMILES string of the molecule is Cc1csc(C(O)C2=CCCCCC2)c1Cl. The molecule has 1 aliphatic rings. The van der Waals surface area contributed by atoms with Gasteiger partial charge in [0.1, 0.15) is 6.10 Å². The predicted molar refractivity (Wildman–Crippen MR) is 70.2 cm³/mol. The van der Waals surface area contributed by atoms with E-state index in [-0.39, 0.29) is 0 Å². The fourth-order valence-corrected chi connectivity index (χ4v) is 3.41. The van der Waals surface area contributed by atoms with Crippen LogP contribution in [0.15, 0.2) is 17.0 Å². The largest absolute Gasteiger partial charge is 0.383 e. The minimum Gasteiger partial charge on any atom is -0.383 e. The van der Waals surface area contributed by atoms with Crippen molar-refractivity contribution in [1.29, 1.82) is 0 Å². The standard InChI is InChI=1S/C13H17ClOS/c1-9-8-16-13(11(9)14)12(15)10-6-4-2-3-5-7-10/h6,8,12,15H,2-5,7H2,1H3. The molecular weight excluding hydrogens is 240 g/mol. The van der Waals surface area contributed by atoms with Crippen molar-refractivity contribution in [1.82, 2.24) is 0 Å². The highest BCUT2D eigenvalue weighted by atomic mass is 35.5. The highest BCUT2D eigenvalue weighted by Crippen LogP contribution is 2.38. The topological polar surface area (TPSA) is 20.2 Å². The average Bonchev–Trinajstić information content (AvgIpc) is 2.53. The number of rotatable bonds is 2. The van der Waals surface area contributed by atoms with E-state index in [9.17, 15) is 5.11 Å². The molecule has 1 N–H and O–H groups in total. The van der Waals surface area contributed by atoms with Gasteiger partial charge in [0, 0.05) is 0 Å². The molecule has 0 amide bonds. The Bertz CT molecular complexity index is 395. The zero-order chi connectivity index (χ0) is 11.5. The van der Waals surface area contributed by atoms with Gasteiger partial charge in [-0.05, 0) is 49.1 Å². The first-order valence-corrected chi connectivity index (χ1v) is 7.06. The molecule has 0 fully saturated rings. The number of thiophene rings is 1. The Morgan fingerprint density at radius 2 is 2.19 bits per heavy atom. The van der Waals surface area contributed by atoms with Gasteiger partial charge in [-0.3, -0.25) is 0 Å². The molecule has 0 saturated heterocycles. The molecular formula is C13H17ClOS. The number of aliphatic hydroxyl groups excluding tert-OH is 1. The van der Waals surface area contributed by atoms with Gasteiger partial charge >= 0.3 is 0 Å². The van der Waals surface area contributed by atoms with Crippen molar-refractivity contribution in [3.63, 3.8) is 0 Å². The predicted octanol–water partition coefficient (Wildman–Crippen LogP) is 4.63. The minimum absolute atomic E-state index is 0.482. The summed E-state index contributed by atoms with van der Waals surface area (Å²) < 4.78 is 0. The van der Waals surface area contributed by atoms with E-state index >= 15 is 0 Å². The Labute approximate surface area is 106 Å². The lowest BCUT2D eigenvalue weighted by molar-refractivity contribution is 0.214. The maximum Gasteiger partial charge on any atom is 0.111 e. The molecule has 1 atom stereocenters. The molecule has 16 heavy (non-hydrogen) atoms. The van der Waals surface area contributed by atoms with E-state index in [2.05, 4.69) is 6.08 Å². The number of aliphatic hydroxyl groups is 1. The molecule has 0 aromatic carbocycles. The van der Waals surface area contributed by atoms with Crippen LogP contribution in [0.25, 0.3) is 0 Å². The third-order valence-electron chi connectivity index (χ3n) is 3.10. The third kappa shape index (κ3) is 2.50. The second-order valence-electron chi connectivity index (χ2n) is 4.38. The lowest BCUT2D eigenvalue weighted by atomic mass is 10.0. The first kappa shape index (κ1) is 12.2. The summed E-state index contributed by atoms with van der Waals surface area (Å²) >= 11 is 7.75. The van der Waals surface area contributed by atoms with Crippen molar-refractivity contribution in [2.24, 2.45) is 0 Å². The van der Waals surface area contributed by atoms with Gasteiger partial charge in [-0.25, -0.2) is 0 Å². The van der Waals surface area contributed by atoms with E-state index in [4.69, 9.17) is 11.6 Å². The summed E-state index contributed by atoms with van der Waals surface area (Å²) in [5, 5.41) is 13.1. The van der Waals surface area contributed by atoms with Crippen LogP contribution in [-0.2, 0) is 0 Å². The maximum absolute atomic E-state index is 10.3. The highest BCUT2D eigenvalue weighted by Gasteiger charge is 2.19. The summed E-state index contributed by atoms with van der Waals surface area (Å²) in [5.41, 5.74) is 2.22. The lowest BCUT2D eigenvalue weighted by Crippen LogP contribution is -2.00. The van der Waals surface area contributed by atoms with E-state index in [0.717, 1.165) is 33.9 Å². The third-order valence-corrected chi connectivity index (χ3v) is 4.87. The molecule has 1 aromatic heterocycles. The molecule has 1 aliphatic carbocycles. The molecule has 0 spiro atoms. The Kier molecular flexibility index (Phi) is 4.06. The van der Waals surface area contributed by atoms with Gasteiger partial charge in [-0.2, -0.15) is 0 Å². The van der Waals surface area contributed by atoms with Crippen LogP contribution in [0.2, 0.25) is 5.02 Å². The van der Waals surface area contributed by atoms with Crippen LogP contribution in [0, 0.1) is 6.92 Å². The van der Waals surface area contributed by atoms with Crippen molar-refractivity contribution < 1.29 is 5.11 Å². The second kappa shape index (κ2) is 5.35. The molecule has 1 nitrogen and oxygen atoms in total. The summed E-state index contributed by atoms with van der Waals surface area (Å²) in [6, 6.07) is 0. The molecule has 2 rings (SSSR count). The van der Waals surface area contributed by atoms with Gasteiger partial charge in [0.25, 0.3) is 0 Å². The van der Waals surface area contributed by atoms with E-state index in [1.807, 2.05) is 12.3 Å². The average molecular weight is 257 g/mol. The highest BCUT2D eigenvalue weighted by molar-refractivity contribution is 7.10. The molecule has 0 saturated carbocycles.